The van der Waals surface area contributed by atoms with Gasteiger partial charge in [-0.15, -0.1) is 0 Å². The summed E-state index contributed by atoms with van der Waals surface area (Å²) in [7, 11) is 0. The minimum atomic E-state index is 0.291. The molecule has 2 aliphatic rings. The summed E-state index contributed by atoms with van der Waals surface area (Å²) in [5.74, 6) is 0.823. The van der Waals surface area contributed by atoms with Crippen LogP contribution in [0.2, 0.25) is 0 Å². The molecule has 1 fully saturated rings. The highest BCUT2D eigenvalue weighted by atomic mass is 16.1. The van der Waals surface area contributed by atoms with Crippen LogP contribution in [0.1, 0.15) is 48.0 Å². The number of rotatable bonds is 1. The predicted molar refractivity (Wildman–Crippen MR) is 69.1 cm³/mol. The Labute approximate surface area is 103 Å². The molecule has 17 heavy (non-hydrogen) atoms. The fourth-order valence-electron chi connectivity index (χ4n) is 3.15. The molecule has 1 aromatic carbocycles. The average molecular weight is 226 g/mol. The van der Waals surface area contributed by atoms with Gasteiger partial charge >= 0.3 is 0 Å². The molecule has 88 valence electrons. The van der Waals surface area contributed by atoms with Crippen molar-refractivity contribution in [1.82, 2.24) is 0 Å². The van der Waals surface area contributed by atoms with E-state index >= 15 is 0 Å². The Kier molecular flexibility index (Phi) is 2.84. The van der Waals surface area contributed by atoms with Crippen LogP contribution in [0.25, 0.3) is 0 Å². The van der Waals surface area contributed by atoms with Crippen LogP contribution < -0.4 is 0 Å². The molecule has 1 saturated carbocycles. The van der Waals surface area contributed by atoms with E-state index in [1.165, 1.54) is 37.7 Å². The molecule has 0 amide bonds. The molecule has 0 aromatic heterocycles. The van der Waals surface area contributed by atoms with E-state index in [0.29, 0.717) is 11.7 Å². The summed E-state index contributed by atoms with van der Waals surface area (Å²) < 4.78 is 0. The smallest absolute Gasteiger partial charge is 0.189 e. The van der Waals surface area contributed by atoms with Crippen molar-refractivity contribution in [3.63, 3.8) is 0 Å². The first-order chi connectivity index (χ1) is 8.36. The monoisotopic (exact) mass is 226 g/mol. The molecular weight excluding hydrogens is 208 g/mol. The molecule has 3 rings (SSSR count). The lowest BCUT2D eigenvalue weighted by Gasteiger charge is -2.26. The van der Waals surface area contributed by atoms with Crippen molar-refractivity contribution < 1.29 is 4.79 Å². The van der Waals surface area contributed by atoms with Gasteiger partial charge in [0, 0.05) is 5.56 Å². The Morgan fingerprint density at radius 1 is 1.00 bits per heavy atom. The van der Waals surface area contributed by atoms with Gasteiger partial charge in [0.1, 0.15) is 0 Å². The van der Waals surface area contributed by atoms with Crippen molar-refractivity contribution in [3.8, 4) is 0 Å². The molecule has 0 bridgehead atoms. The van der Waals surface area contributed by atoms with Crippen molar-refractivity contribution in [2.75, 3.05) is 0 Å². The number of benzene rings is 1. The highest BCUT2D eigenvalue weighted by Crippen LogP contribution is 2.34. The maximum Gasteiger partial charge on any atom is 0.189 e. The van der Waals surface area contributed by atoms with Gasteiger partial charge in [0.2, 0.25) is 0 Å². The number of fused-ring (bicyclic) bond motifs is 1. The highest BCUT2D eigenvalue weighted by Gasteiger charge is 2.27. The van der Waals surface area contributed by atoms with Gasteiger partial charge < -0.3 is 0 Å². The lowest BCUT2D eigenvalue weighted by molar-refractivity contribution is 0.101. The molecule has 0 heterocycles. The van der Waals surface area contributed by atoms with Gasteiger partial charge in [-0.25, -0.2) is 0 Å². The van der Waals surface area contributed by atoms with E-state index in [0.717, 1.165) is 17.6 Å². The Bertz CT molecular complexity index is 464. The Morgan fingerprint density at radius 3 is 2.59 bits per heavy atom. The second-order valence-corrected chi connectivity index (χ2v) is 5.18. The van der Waals surface area contributed by atoms with Crippen LogP contribution in [0.15, 0.2) is 35.9 Å². The molecule has 0 atom stereocenters. The number of allylic oxidation sites excluding steroid dienone is 2. The minimum Gasteiger partial charge on any atom is -0.289 e. The van der Waals surface area contributed by atoms with Crippen LogP contribution in [0, 0.1) is 5.92 Å². The maximum atomic E-state index is 12.4. The fourth-order valence-corrected chi connectivity index (χ4v) is 3.15. The average Bonchev–Trinajstić information content (AvgIpc) is 2.40. The summed E-state index contributed by atoms with van der Waals surface area (Å²) in [4.78, 5) is 12.4. The number of hydrogen-bond donors (Lipinski definition) is 0. The van der Waals surface area contributed by atoms with Crippen LogP contribution in [-0.2, 0) is 6.42 Å². The van der Waals surface area contributed by atoms with Crippen LogP contribution in [0.3, 0.4) is 0 Å². The minimum absolute atomic E-state index is 0.291. The van der Waals surface area contributed by atoms with Crippen molar-refractivity contribution in [3.05, 3.63) is 47.0 Å². The van der Waals surface area contributed by atoms with E-state index in [1.807, 2.05) is 18.2 Å². The molecule has 0 N–H and O–H groups in total. The van der Waals surface area contributed by atoms with Crippen LogP contribution in [-0.4, -0.2) is 5.78 Å². The second kappa shape index (κ2) is 4.48. The van der Waals surface area contributed by atoms with Gasteiger partial charge in [0.15, 0.2) is 5.78 Å². The zero-order valence-corrected chi connectivity index (χ0v) is 10.1. The molecule has 0 unspecified atom stereocenters. The van der Waals surface area contributed by atoms with E-state index in [-0.39, 0.29) is 0 Å². The lowest BCUT2D eigenvalue weighted by atomic mass is 9.77. The number of ketones is 1. The van der Waals surface area contributed by atoms with Crippen molar-refractivity contribution >= 4 is 5.78 Å². The van der Waals surface area contributed by atoms with Crippen LogP contribution >= 0.6 is 0 Å². The summed E-state index contributed by atoms with van der Waals surface area (Å²) >= 11 is 0. The zero-order valence-electron chi connectivity index (χ0n) is 10.1. The highest BCUT2D eigenvalue weighted by molar-refractivity contribution is 6.11. The first kappa shape index (κ1) is 10.8. The molecule has 2 aliphatic carbocycles. The molecule has 1 heteroatoms. The number of carbonyl (C=O) groups excluding carboxylic acids is 1. The predicted octanol–water partition coefficient (Wildman–Crippen LogP) is 3.93. The Hall–Kier alpha value is -1.37. The largest absolute Gasteiger partial charge is 0.289 e. The van der Waals surface area contributed by atoms with Crippen molar-refractivity contribution in [1.29, 1.82) is 0 Å². The van der Waals surface area contributed by atoms with Crippen molar-refractivity contribution in [2.45, 2.75) is 38.5 Å². The van der Waals surface area contributed by atoms with E-state index in [1.54, 1.807) is 0 Å². The molecule has 0 aliphatic heterocycles. The van der Waals surface area contributed by atoms with Gasteiger partial charge in [-0.05, 0) is 36.3 Å². The summed E-state index contributed by atoms with van der Waals surface area (Å²) in [6.07, 6.45) is 9.45. The quantitative estimate of drug-likeness (QED) is 0.709. The van der Waals surface area contributed by atoms with Crippen molar-refractivity contribution in [2.24, 2.45) is 5.92 Å². The fraction of sp³-hybridized carbons (Fsp3) is 0.438. The van der Waals surface area contributed by atoms with Gasteiger partial charge in [-0.3, -0.25) is 4.79 Å². The maximum absolute atomic E-state index is 12.4. The molecule has 0 saturated heterocycles. The molecule has 0 spiro atoms. The summed E-state index contributed by atoms with van der Waals surface area (Å²) in [6.45, 7) is 0. The number of hydrogen-bond acceptors (Lipinski definition) is 1. The zero-order chi connectivity index (χ0) is 11.7. The molecule has 1 nitrogen and oxygen atoms in total. The third-order valence-electron chi connectivity index (χ3n) is 4.11. The van der Waals surface area contributed by atoms with Gasteiger partial charge in [0.05, 0.1) is 0 Å². The summed E-state index contributed by atoms with van der Waals surface area (Å²) in [5.41, 5.74) is 3.23. The number of Topliss-reactive ketones (excluding diaryl/α,β-unsaturated/α-hetero) is 1. The van der Waals surface area contributed by atoms with Crippen LogP contribution in [0.4, 0.5) is 0 Å². The summed E-state index contributed by atoms with van der Waals surface area (Å²) in [6, 6.07) is 8.04. The molecule has 1 aromatic rings. The first-order valence-corrected chi connectivity index (χ1v) is 6.69. The van der Waals surface area contributed by atoms with Gasteiger partial charge in [0.25, 0.3) is 0 Å². The third-order valence-corrected chi connectivity index (χ3v) is 4.11. The Balaban J connectivity index is 1.89. The van der Waals surface area contributed by atoms with Gasteiger partial charge in [-0.2, -0.15) is 0 Å². The molecule has 0 radical (unpaired) electrons. The lowest BCUT2D eigenvalue weighted by Crippen LogP contribution is -2.20. The summed E-state index contributed by atoms with van der Waals surface area (Å²) in [5, 5.41) is 0. The topological polar surface area (TPSA) is 17.1 Å². The van der Waals surface area contributed by atoms with E-state index in [2.05, 4.69) is 12.1 Å². The van der Waals surface area contributed by atoms with Crippen LogP contribution in [0.5, 0.6) is 0 Å². The Morgan fingerprint density at radius 2 is 1.76 bits per heavy atom. The molecular formula is C16H18O. The SMILES string of the molecule is O=C1C(C2CCCCC2)=CCc2ccccc21. The van der Waals surface area contributed by atoms with E-state index in [4.69, 9.17) is 0 Å². The van der Waals surface area contributed by atoms with E-state index < -0.39 is 0 Å². The normalized spacial score (nSPS) is 20.9. The van der Waals surface area contributed by atoms with E-state index in [9.17, 15) is 4.79 Å². The third kappa shape index (κ3) is 1.95. The second-order valence-electron chi connectivity index (χ2n) is 5.18. The standard InChI is InChI=1S/C16H18O/c17-16-14-9-5-4-8-13(14)10-11-15(16)12-6-2-1-3-7-12/h4-5,8-9,11-12H,1-3,6-7,10H2. The van der Waals surface area contributed by atoms with Gasteiger partial charge in [-0.1, -0.05) is 49.6 Å². The number of carbonyl (C=O) groups is 1. The first-order valence-electron chi connectivity index (χ1n) is 6.69.